The lowest BCUT2D eigenvalue weighted by Gasteiger charge is -2.33. The summed E-state index contributed by atoms with van der Waals surface area (Å²) in [6, 6.07) is 10.2. The van der Waals surface area contributed by atoms with Crippen LogP contribution in [0.25, 0.3) is 0 Å². The van der Waals surface area contributed by atoms with E-state index in [2.05, 4.69) is 31.6 Å². The number of aromatic nitrogens is 2. The van der Waals surface area contributed by atoms with Crippen LogP contribution in [0.1, 0.15) is 45.4 Å². The van der Waals surface area contributed by atoms with Gasteiger partial charge in [0.15, 0.2) is 0 Å². The predicted octanol–water partition coefficient (Wildman–Crippen LogP) is 4.08. The molecule has 160 valence electrons. The molecular weight excluding hydrogens is 378 g/mol. The third-order valence-electron chi connectivity index (χ3n) is 5.65. The SMILES string of the molecule is CCOc1ccc(NC(=O)CC[C@H]2CCCN(c3cc(NC4CC4)ncn3)C2)cc1. The van der Waals surface area contributed by atoms with Crippen molar-refractivity contribution in [2.24, 2.45) is 5.92 Å². The highest BCUT2D eigenvalue weighted by molar-refractivity contribution is 5.90. The van der Waals surface area contributed by atoms with Crippen LogP contribution in [0.5, 0.6) is 5.75 Å². The molecule has 1 aliphatic carbocycles. The van der Waals surface area contributed by atoms with Crippen molar-refractivity contribution in [2.75, 3.05) is 35.2 Å². The Kier molecular flexibility index (Phi) is 6.67. The van der Waals surface area contributed by atoms with Gasteiger partial charge in [-0.3, -0.25) is 4.79 Å². The highest BCUT2D eigenvalue weighted by Gasteiger charge is 2.24. The summed E-state index contributed by atoms with van der Waals surface area (Å²) in [5, 5.41) is 6.43. The minimum absolute atomic E-state index is 0.0641. The van der Waals surface area contributed by atoms with Gasteiger partial charge in [-0.15, -0.1) is 0 Å². The van der Waals surface area contributed by atoms with E-state index < -0.39 is 0 Å². The first-order valence-electron chi connectivity index (χ1n) is 11.1. The van der Waals surface area contributed by atoms with Gasteiger partial charge in [-0.05, 0) is 69.2 Å². The summed E-state index contributed by atoms with van der Waals surface area (Å²) < 4.78 is 5.44. The van der Waals surface area contributed by atoms with Gasteiger partial charge in [0, 0.05) is 37.3 Å². The Bertz CT molecular complexity index is 838. The second kappa shape index (κ2) is 9.78. The van der Waals surface area contributed by atoms with Crippen LogP contribution in [0.2, 0.25) is 0 Å². The van der Waals surface area contributed by atoms with Crippen LogP contribution >= 0.6 is 0 Å². The Hall–Kier alpha value is -2.83. The second-order valence-corrected chi connectivity index (χ2v) is 8.18. The first-order valence-corrected chi connectivity index (χ1v) is 11.1. The Morgan fingerprint density at radius 1 is 1.20 bits per heavy atom. The van der Waals surface area contributed by atoms with E-state index in [1.165, 1.54) is 12.8 Å². The van der Waals surface area contributed by atoms with Crippen molar-refractivity contribution in [2.45, 2.75) is 51.5 Å². The van der Waals surface area contributed by atoms with E-state index in [1.807, 2.05) is 31.2 Å². The summed E-state index contributed by atoms with van der Waals surface area (Å²) in [7, 11) is 0. The number of carbonyl (C=O) groups excluding carboxylic acids is 1. The van der Waals surface area contributed by atoms with Crippen LogP contribution in [0.3, 0.4) is 0 Å². The van der Waals surface area contributed by atoms with Gasteiger partial charge in [0.05, 0.1) is 6.61 Å². The Morgan fingerprint density at radius 2 is 2.03 bits per heavy atom. The summed E-state index contributed by atoms with van der Waals surface area (Å²) in [6.45, 7) is 4.54. The van der Waals surface area contributed by atoms with Crippen molar-refractivity contribution in [3.8, 4) is 5.75 Å². The molecule has 2 N–H and O–H groups in total. The third-order valence-corrected chi connectivity index (χ3v) is 5.65. The lowest BCUT2D eigenvalue weighted by Crippen LogP contribution is -2.36. The number of nitrogens with one attached hydrogen (secondary N) is 2. The fourth-order valence-corrected chi connectivity index (χ4v) is 3.90. The zero-order valence-corrected chi connectivity index (χ0v) is 17.6. The molecule has 0 radical (unpaired) electrons. The van der Waals surface area contributed by atoms with Crippen molar-refractivity contribution >= 4 is 23.2 Å². The van der Waals surface area contributed by atoms with E-state index in [-0.39, 0.29) is 5.91 Å². The molecule has 1 amide bonds. The number of ether oxygens (including phenoxy) is 1. The normalized spacial score (nSPS) is 18.7. The molecule has 1 aromatic carbocycles. The molecule has 7 heteroatoms. The van der Waals surface area contributed by atoms with E-state index in [0.29, 0.717) is 25.0 Å². The zero-order valence-electron chi connectivity index (χ0n) is 17.6. The molecule has 1 atom stereocenters. The van der Waals surface area contributed by atoms with Crippen molar-refractivity contribution in [1.29, 1.82) is 0 Å². The maximum Gasteiger partial charge on any atom is 0.224 e. The summed E-state index contributed by atoms with van der Waals surface area (Å²) in [6.07, 6.45) is 7.80. The van der Waals surface area contributed by atoms with Gasteiger partial charge in [-0.2, -0.15) is 0 Å². The van der Waals surface area contributed by atoms with Crippen molar-refractivity contribution in [1.82, 2.24) is 9.97 Å². The van der Waals surface area contributed by atoms with Crippen LogP contribution in [-0.4, -0.2) is 41.6 Å². The van der Waals surface area contributed by atoms with Crippen molar-refractivity contribution < 1.29 is 9.53 Å². The van der Waals surface area contributed by atoms with E-state index in [0.717, 1.165) is 55.4 Å². The maximum absolute atomic E-state index is 12.4. The van der Waals surface area contributed by atoms with Crippen LogP contribution in [0, 0.1) is 5.92 Å². The highest BCUT2D eigenvalue weighted by atomic mass is 16.5. The Balaban J connectivity index is 1.25. The molecule has 4 rings (SSSR count). The highest BCUT2D eigenvalue weighted by Crippen LogP contribution is 2.28. The summed E-state index contributed by atoms with van der Waals surface area (Å²) in [5.74, 6) is 3.28. The molecule has 0 unspecified atom stereocenters. The van der Waals surface area contributed by atoms with E-state index >= 15 is 0 Å². The zero-order chi connectivity index (χ0) is 20.8. The number of hydrogen-bond acceptors (Lipinski definition) is 6. The van der Waals surface area contributed by atoms with Crippen LogP contribution in [0.4, 0.5) is 17.3 Å². The molecule has 1 saturated carbocycles. The van der Waals surface area contributed by atoms with Gasteiger partial charge >= 0.3 is 0 Å². The molecular formula is C23H31N5O2. The van der Waals surface area contributed by atoms with E-state index in [1.54, 1.807) is 6.33 Å². The molecule has 0 bridgehead atoms. The number of amides is 1. The van der Waals surface area contributed by atoms with Gasteiger partial charge < -0.3 is 20.3 Å². The number of nitrogens with zero attached hydrogens (tertiary/aromatic N) is 3. The third kappa shape index (κ3) is 5.84. The van der Waals surface area contributed by atoms with Gasteiger partial charge in [0.1, 0.15) is 23.7 Å². The van der Waals surface area contributed by atoms with Gasteiger partial charge in [0.2, 0.25) is 5.91 Å². The summed E-state index contributed by atoms with van der Waals surface area (Å²) >= 11 is 0. The largest absolute Gasteiger partial charge is 0.494 e. The van der Waals surface area contributed by atoms with Crippen LogP contribution in [-0.2, 0) is 4.79 Å². The molecule has 2 heterocycles. The molecule has 0 spiro atoms. The predicted molar refractivity (Wildman–Crippen MR) is 119 cm³/mol. The summed E-state index contributed by atoms with van der Waals surface area (Å²) in [4.78, 5) is 23.5. The van der Waals surface area contributed by atoms with Gasteiger partial charge in [0.25, 0.3) is 0 Å². The quantitative estimate of drug-likeness (QED) is 0.650. The Morgan fingerprint density at radius 3 is 2.80 bits per heavy atom. The standard InChI is InChI=1S/C23H31N5O2/c1-2-30-20-10-8-19(9-11-20)27-23(29)12-5-17-4-3-13-28(15-17)22-14-21(24-16-25-22)26-18-6-7-18/h8-11,14,16-18H,2-7,12-13,15H2,1H3,(H,27,29)(H,24,25,26)/t17-/m1/s1. The number of benzene rings is 1. The number of carbonyl (C=O) groups is 1. The second-order valence-electron chi connectivity index (χ2n) is 8.18. The average Bonchev–Trinajstić information content (AvgIpc) is 3.58. The topological polar surface area (TPSA) is 79.4 Å². The molecule has 1 aromatic heterocycles. The molecule has 30 heavy (non-hydrogen) atoms. The molecule has 1 aliphatic heterocycles. The minimum atomic E-state index is 0.0641. The number of piperidine rings is 1. The molecule has 1 saturated heterocycles. The Labute approximate surface area is 178 Å². The average molecular weight is 410 g/mol. The van der Waals surface area contributed by atoms with Crippen LogP contribution in [0.15, 0.2) is 36.7 Å². The smallest absolute Gasteiger partial charge is 0.224 e. The lowest BCUT2D eigenvalue weighted by molar-refractivity contribution is -0.116. The first-order chi connectivity index (χ1) is 14.7. The summed E-state index contributed by atoms with van der Waals surface area (Å²) in [5.41, 5.74) is 0.811. The lowest BCUT2D eigenvalue weighted by atomic mass is 9.93. The van der Waals surface area contributed by atoms with E-state index in [9.17, 15) is 4.79 Å². The minimum Gasteiger partial charge on any atom is -0.494 e. The van der Waals surface area contributed by atoms with Gasteiger partial charge in [-0.25, -0.2) is 9.97 Å². The maximum atomic E-state index is 12.4. The number of hydrogen-bond donors (Lipinski definition) is 2. The fourth-order valence-electron chi connectivity index (χ4n) is 3.90. The van der Waals surface area contributed by atoms with E-state index in [4.69, 9.17) is 4.74 Å². The van der Waals surface area contributed by atoms with Crippen molar-refractivity contribution in [3.05, 3.63) is 36.7 Å². The molecule has 2 aliphatic rings. The van der Waals surface area contributed by atoms with Gasteiger partial charge in [-0.1, -0.05) is 0 Å². The monoisotopic (exact) mass is 409 g/mol. The van der Waals surface area contributed by atoms with Crippen molar-refractivity contribution in [3.63, 3.8) is 0 Å². The first kappa shape index (κ1) is 20.4. The van der Waals surface area contributed by atoms with Crippen LogP contribution < -0.4 is 20.3 Å². The number of rotatable bonds is 9. The molecule has 2 fully saturated rings. The molecule has 2 aromatic rings. The molecule has 7 nitrogen and oxygen atoms in total. The fraction of sp³-hybridized carbons (Fsp3) is 0.522. The number of anilines is 3.